The molecular formula is C16H20N6O2. The molecule has 24 heavy (non-hydrogen) atoms. The van der Waals surface area contributed by atoms with E-state index in [4.69, 9.17) is 5.73 Å². The highest BCUT2D eigenvalue weighted by Crippen LogP contribution is 2.21. The van der Waals surface area contributed by atoms with Crippen LogP contribution >= 0.6 is 0 Å². The number of carbonyl (C=O) groups is 2. The van der Waals surface area contributed by atoms with Gasteiger partial charge in [-0.15, -0.1) is 5.10 Å². The lowest BCUT2D eigenvalue weighted by Crippen LogP contribution is -2.41. The summed E-state index contributed by atoms with van der Waals surface area (Å²) in [6.45, 7) is 3.70. The molecule has 1 aromatic heterocycles. The molecule has 0 bridgehead atoms. The Morgan fingerprint density at radius 3 is 2.71 bits per heavy atom. The third-order valence-electron chi connectivity index (χ3n) is 4.38. The molecule has 1 aromatic carbocycles. The second-order valence-corrected chi connectivity index (χ2v) is 5.87. The first-order valence-corrected chi connectivity index (χ1v) is 8.05. The van der Waals surface area contributed by atoms with E-state index >= 15 is 0 Å². The van der Waals surface area contributed by atoms with Crippen LogP contribution in [-0.4, -0.2) is 50.0 Å². The third-order valence-corrected chi connectivity index (χ3v) is 4.38. The molecule has 1 aliphatic rings. The van der Waals surface area contributed by atoms with Gasteiger partial charge in [-0.2, -0.15) is 0 Å². The number of piperidine rings is 1. The largest absolute Gasteiger partial charge is 0.369 e. The maximum Gasteiger partial charge on any atom is 0.253 e. The van der Waals surface area contributed by atoms with Gasteiger partial charge in [-0.3, -0.25) is 9.59 Å². The Morgan fingerprint density at radius 2 is 2.04 bits per heavy atom. The van der Waals surface area contributed by atoms with Crippen LogP contribution in [0.15, 0.2) is 24.3 Å². The lowest BCUT2D eigenvalue weighted by molar-refractivity contribution is -0.123. The molecule has 0 atom stereocenters. The van der Waals surface area contributed by atoms with Gasteiger partial charge in [0.1, 0.15) is 0 Å². The Labute approximate surface area is 139 Å². The van der Waals surface area contributed by atoms with Gasteiger partial charge >= 0.3 is 0 Å². The summed E-state index contributed by atoms with van der Waals surface area (Å²) in [5.74, 6) is 0.181. The Morgan fingerprint density at radius 1 is 1.29 bits per heavy atom. The van der Waals surface area contributed by atoms with E-state index in [1.54, 1.807) is 21.7 Å². The van der Waals surface area contributed by atoms with Crippen molar-refractivity contribution in [2.24, 2.45) is 11.7 Å². The van der Waals surface area contributed by atoms with E-state index in [1.165, 1.54) is 0 Å². The lowest BCUT2D eigenvalue weighted by atomic mass is 9.95. The van der Waals surface area contributed by atoms with Crippen molar-refractivity contribution in [3.8, 4) is 11.4 Å². The van der Waals surface area contributed by atoms with Gasteiger partial charge in [0.2, 0.25) is 5.91 Å². The van der Waals surface area contributed by atoms with Crippen molar-refractivity contribution < 1.29 is 9.59 Å². The minimum atomic E-state index is -0.282. The molecule has 2 N–H and O–H groups in total. The van der Waals surface area contributed by atoms with E-state index in [2.05, 4.69) is 15.5 Å². The molecule has 1 aliphatic heterocycles. The summed E-state index contributed by atoms with van der Waals surface area (Å²) in [7, 11) is 0. The van der Waals surface area contributed by atoms with Crippen LogP contribution in [0.2, 0.25) is 0 Å². The van der Waals surface area contributed by atoms with Gasteiger partial charge in [0, 0.05) is 36.7 Å². The van der Waals surface area contributed by atoms with Crippen molar-refractivity contribution in [2.75, 3.05) is 13.1 Å². The summed E-state index contributed by atoms with van der Waals surface area (Å²) in [6, 6.07) is 7.30. The van der Waals surface area contributed by atoms with Gasteiger partial charge < -0.3 is 10.6 Å². The van der Waals surface area contributed by atoms with Crippen LogP contribution in [0.1, 0.15) is 30.1 Å². The van der Waals surface area contributed by atoms with Gasteiger partial charge in [-0.05, 0) is 42.3 Å². The van der Waals surface area contributed by atoms with Crippen molar-refractivity contribution in [1.29, 1.82) is 0 Å². The average Bonchev–Trinajstić information content (AvgIpc) is 3.10. The second-order valence-electron chi connectivity index (χ2n) is 5.87. The normalized spacial score (nSPS) is 15.5. The van der Waals surface area contributed by atoms with Crippen LogP contribution < -0.4 is 5.73 Å². The molecule has 2 amide bonds. The van der Waals surface area contributed by atoms with E-state index in [0.717, 1.165) is 5.56 Å². The standard InChI is InChI=1S/C16H20N6O2/c1-2-22-15(18-19-20-22)12-4-3-5-13(10-12)16(24)21-8-6-11(7-9-21)14(17)23/h3-5,10-11H,2,6-9H2,1H3,(H2,17,23). The number of tetrazole rings is 1. The summed E-state index contributed by atoms with van der Waals surface area (Å²) < 4.78 is 1.68. The van der Waals surface area contributed by atoms with Gasteiger partial charge in [0.25, 0.3) is 5.91 Å². The summed E-state index contributed by atoms with van der Waals surface area (Å²) in [6.07, 6.45) is 1.24. The van der Waals surface area contributed by atoms with Gasteiger partial charge in [-0.25, -0.2) is 4.68 Å². The third kappa shape index (κ3) is 3.12. The predicted molar refractivity (Wildman–Crippen MR) is 86.7 cm³/mol. The van der Waals surface area contributed by atoms with E-state index in [1.807, 2.05) is 19.1 Å². The number of carbonyl (C=O) groups excluding carboxylic acids is 2. The van der Waals surface area contributed by atoms with Crippen molar-refractivity contribution in [2.45, 2.75) is 26.3 Å². The lowest BCUT2D eigenvalue weighted by Gasteiger charge is -2.30. The van der Waals surface area contributed by atoms with Crippen molar-refractivity contribution >= 4 is 11.8 Å². The van der Waals surface area contributed by atoms with Crippen LogP contribution in [0.25, 0.3) is 11.4 Å². The SMILES string of the molecule is CCn1nnnc1-c1cccc(C(=O)N2CCC(C(N)=O)CC2)c1. The van der Waals surface area contributed by atoms with Crippen LogP contribution in [0, 0.1) is 5.92 Å². The minimum absolute atomic E-state index is 0.0460. The number of benzene rings is 1. The smallest absolute Gasteiger partial charge is 0.253 e. The molecule has 0 unspecified atom stereocenters. The quantitative estimate of drug-likeness (QED) is 0.889. The number of likely N-dealkylation sites (tertiary alicyclic amines) is 1. The Hall–Kier alpha value is -2.77. The van der Waals surface area contributed by atoms with Gasteiger partial charge in [0.05, 0.1) is 0 Å². The molecule has 8 heteroatoms. The Bertz CT molecular complexity index is 749. The van der Waals surface area contributed by atoms with Crippen LogP contribution in [-0.2, 0) is 11.3 Å². The van der Waals surface area contributed by atoms with Crippen LogP contribution in [0.4, 0.5) is 0 Å². The van der Waals surface area contributed by atoms with Crippen molar-refractivity contribution in [3.63, 3.8) is 0 Å². The van der Waals surface area contributed by atoms with E-state index in [-0.39, 0.29) is 17.7 Å². The molecule has 0 spiro atoms. The number of nitrogens with zero attached hydrogens (tertiary/aromatic N) is 5. The molecule has 0 aliphatic carbocycles. The van der Waals surface area contributed by atoms with Crippen molar-refractivity contribution in [3.05, 3.63) is 29.8 Å². The predicted octanol–water partition coefficient (Wildman–Crippen LogP) is 0.697. The molecule has 0 radical (unpaired) electrons. The maximum atomic E-state index is 12.7. The van der Waals surface area contributed by atoms with Crippen LogP contribution in [0.5, 0.6) is 0 Å². The highest BCUT2D eigenvalue weighted by molar-refractivity contribution is 5.95. The number of primary amides is 1. The summed E-state index contributed by atoms with van der Waals surface area (Å²) in [5, 5.41) is 11.6. The monoisotopic (exact) mass is 328 g/mol. The number of aromatic nitrogens is 4. The zero-order valence-corrected chi connectivity index (χ0v) is 13.6. The fraction of sp³-hybridized carbons (Fsp3) is 0.438. The number of hydrogen-bond acceptors (Lipinski definition) is 5. The highest BCUT2D eigenvalue weighted by Gasteiger charge is 2.26. The van der Waals surface area contributed by atoms with Gasteiger partial charge in [-0.1, -0.05) is 12.1 Å². The van der Waals surface area contributed by atoms with Crippen molar-refractivity contribution in [1.82, 2.24) is 25.1 Å². The molecular weight excluding hydrogens is 308 g/mol. The number of hydrogen-bond donors (Lipinski definition) is 1. The molecule has 0 saturated carbocycles. The van der Waals surface area contributed by atoms with E-state index < -0.39 is 0 Å². The molecule has 3 rings (SSSR count). The fourth-order valence-electron chi connectivity index (χ4n) is 2.97. The molecule has 8 nitrogen and oxygen atoms in total. The second kappa shape index (κ2) is 6.77. The average molecular weight is 328 g/mol. The molecule has 2 aromatic rings. The van der Waals surface area contributed by atoms with Crippen LogP contribution in [0.3, 0.4) is 0 Å². The summed E-state index contributed by atoms with van der Waals surface area (Å²) in [5.41, 5.74) is 6.74. The zero-order valence-electron chi connectivity index (χ0n) is 13.6. The summed E-state index contributed by atoms with van der Waals surface area (Å²) in [4.78, 5) is 25.7. The fourth-order valence-corrected chi connectivity index (χ4v) is 2.97. The summed E-state index contributed by atoms with van der Waals surface area (Å²) >= 11 is 0. The molecule has 1 saturated heterocycles. The van der Waals surface area contributed by atoms with E-state index in [0.29, 0.717) is 43.9 Å². The maximum absolute atomic E-state index is 12.7. The first-order chi connectivity index (χ1) is 11.6. The Balaban J connectivity index is 1.77. The zero-order chi connectivity index (χ0) is 17.1. The Kier molecular flexibility index (Phi) is 4.54. The number of aryl methyl sites for hydroxylation is 1. The molecule has 126 valence electrons. The number of nitrogens with two attached hydrogens (primary N) is 1. The minimum Gasteiger partial charge on any atom is -0.369 e. The van der Waals surface area contributed by atoms with Gasteiger partial charge in [0.15, 0.2) is 5.82 Å². The highest BCUT2D eigenvalue weighted by atomic mass is 16.2. The van der Waals surface area contributed by atoms with E-state index in [9.17, 15) is 9.59 Å². The molecule has 1 fully saturated rings. The first-order valence-electron chi connectivity index (χ1n) is 8.05. The number of amides is 2. The first kappa shape index (κ1) is 16.1. The molecule has 2 heterocycles. The number of rotatable bonds is 4. The topological polar surface area (TPSA) is 107 Å².